The first-order chi connectivity index (χ1) is 4.40. The summed E-state index contributed by atoms with van der Waals surface area (Å²) in [7, 11) is 2.10. The molecule has 1 N–H and O–H groups in total. The highest BCUT2D eigenvalue weighted by Crippen LogP contribution is 2.44. The fraction of sp³-hybridized carbons (Fsp3) is 1.00. The first kappa shape index (κ1) is 5.72. The summed E-state index contributed by atoms with van der Waals surface area (Å²) in [6.07, 6.45) is 5.99. The van der Waals surface area contributed by atoms with Crippen LogP contribution in [0.4, 0.5) is 0 Å². The van der Waals surface area contributed by atoms with Gasteiger partial charge in [-0.2, -0.15) is 0 Å². The van der Waals surface area contributed by atoms with E-state index in [4.69, 9.17) is 0 Å². The average Bonchev–Trinajstić information content (AvgIpc) is 2.45. The Morgan fingerprint density at radius 2 is 2.11 bits per heavy atom. The highest BCUT2D eigenvalue weighted by molar-refractivity contribution is 4.93. The molecular formula is C8H15N. The Balaban J connectivity index is 2.01. The van der Waals surface area contributed by atoms with Crippen molar-refractivity contribution in [2.45, 2.75) is 31.7 Å². The van der Waals surface area contributed by atoms with E-state index in [0.29, 0.717) is 0 Å². The van der Waals surface area contributed by atoms with Crippen molar-refractivity contribution in [3.63, 3.8) is 0 Å². The standard InChI is InChI=1S/C8H15N/c1-9-8-5-6-2-3-7(8)4-6/h6-9H,2-5H2,1H3/t6-,7-,8-/m1/s1. The number of fused-ring (bicyclic) bond motifs is 2. The fourth-order valence-corrected chi connectivity index (χ4v) is 2.60. The Hall–Kier alpha value is -0.0400. The van der Waals surface area contributed by atoms with Crippen molar-refractivity contribution in [2.24, 2.45) is 11.8 Å². The molecule has 0 saturated heterocycles. The molecule has 0 aliphatic heterocycles. The van der Waals surface area contributed by atoms with Gasteiger partial charge >= 0.3 is 0 Å². The second-order valence-corrected chi connectivity index (χ2v) is 3.57. The van der Waals surface area contributed by atoms with E-state index in [9.17, 15) is 0 Å². The predicted octanol–water partition coefficient (Wildman–Crippen LogP) is 1.39. The Kier molecular flexibility index (Phi) is 1.26. The third-order valence-electron chi connectivity index (χ3n) is 3.11. The second kappa shape index (κ2) is 1.98. The van der Waals surface area contributed by atoms with E-state index in [1.165, 1.54) is 25.7 Å². The quantitative estimate of drug-likeness (QED) is 0.558. The van der Waals surface area contributed by atoms with Crippen LogP contribution in [-0.4, -0.2) is 13.1 Å². The highest BCUT2D eigenvalue weighted by Gasteiger charge is 2.38. The number of nitrogens with one attached hydrogen (secondary N) is 1. The summed E-state index contributed by atoms with van der Waals surface area (Å²) in [6, 6.07) is 0.878. The van der Waals surface area contributed by atoms with Crippen LogP contribution < -0.4 is 5.32 Å². The van der Waals surface area contributed by atoms with Crippen LogP contribution in [0.15, 0.2) is 0 Å². The lowest BCUT2D eigenvalue weighted by Crippen LogP contribution is -2.30. The van der Waals surface area contributed by atoms with Gasteiger partial charge in [-0.25, -0.2) is 0 Å². The minimum absolute atomic E-state index is 0.878. The van der Waals surface area contributed by atoms with Crippen LogP contribution >= 0.6 is 0 Å². The number of hydrogen-bond donors (Lipinski definition) is 1. The van der Waals surface area contributed by atoms with Gasteiger partial charge in [0.1, 0.15) is 0 Å². The molecule has 3 atom stereocenters. The predicted molar refractivity (Wildman–Crippen MR) is 38.3 cm³/mol. The van der Waals surface area contributed by atoms with E-state index < -0.39 is 0 Å². The van der Waals surface area contributed by atoms with Gasteiger partial charge in [0.2, 0.25) is 0 Å². The monoisotopic (exact) mass is 125 g/mol. The molecule has 2 fully saturated rings. The van der Waals surface area contributed by atoms with Crippen LogP contribution in [0.1, 0.15) is 25.7 Å². The molecule has 2 rings (SSSR count). The maximum atomic E-state index is 3.40. The van der Waals surface area contributed by atoms with E-state index >= 15 is 0 Å². The van der Waals surface area contributed by atoms with Gasteiger partial charge in [0, 0.05) is 6.04 Å². The molecule has 1 nitrogen and oxygen atoms in total. The normalized spacial score (nSPS) is 48.3. The van der Waals surface area contributed by atoms with Crippen molar-refractivity contribution in [2.75, 3.05) is 7.05 Å². The summed E-state index contributed by atoms with van der Waals surface area (Å²) in [5, 5.41) is 3.40. The summed E-state index contributed by atoms with van der Waals surface area (Å²) in [6.45, 7) is 0. The molecule has 0 unspecified atom stereocenters. The van der Waals surface area contributed by atoms with Crippen molar-refractivity contribution < 1.29 is 0 Å². The lowest BCUT2D eigenvalue weighted by Gasteiger charge is -2.20. The van der Waals surface area contributed by atoms with Gasteiger partial charge in [0.05, 0.1) is 0 Å². The first-order valence-electron chi connectivity index (χ1n) is 4.07. The van der Waals surface area contributed by atoms with Gasteiger partial charge in [-0.1, -0.05) is 6.42 Å². The van der Waals surface area contributed by atoms with E-state index in [0.717, 1.165) is 17.9 Å². The van der Waals surface area contributed by atoms with E-state index in [1.807, 2.05) is 0 Å². The molecular weight excluding hydrogens is 110 g/mol. The molecule has 0 aromatic carbocycles. The largest absolute Gasteiger partial charge is 0.317 e. The van der Waals surface area contributed by atoms with E-state index in [2.05, 4.69) is 12.4 Å². The van der Waals surface area contributed by atoms with Gasteiger partial charge in [-0.15, -0.1) is 0 Å². The third kappa shape index (κ3) is 0.787. The molecule has 0 radical (unpaired) electrons. The van der Waals surface area contributed by atoms with Crippen molar-refractivity contribution in [3.05, 3.63) is 0 Å². The van der Waals surface area contributed by atoms with Crippen LogP contribution in [0.2, 0.25) is 0 Å². The number of rotatable bonds is 1. The lowest BCUT2D eigenvalue weighted by molar-refractivity contribution is 0.372. The highest BCUT2D eigenvalue weighted by atomic mass is 14.9. The molecule has 0 spiro atoms. The zero-order valence-electron chi connectivity index (χ0n) is 6.06. The van der Waals surface area contributed by atoms with E-state index in [1.54, 1.807) is 0 Å². The topological polar surface area (TPSA) is 12.0 Å². The first-order valence-corrected chi connectivity index (χ1v) is 4.07. The molecule has 52 valence electrons. The maximum absolute atomic E-state index is 3.40. The molecule has 9 heavy (non-hydrogen) atoms. The summed E-state index contributed by atoms with van der Waals surface area (Å²) in [5.74, 6) is 2.13. The third-order valence-corrected chi connectivity index (χ3v) is 3.11. The smallest absolute Gasteiger partial charge is 0.00950 e. The van der Waals surface area contributed by atoms with Crippen LogP contribution in [0.3, 0.4) is 0 Å². The fourth-order valence-electron chi connectivity index (χ4n) is 2.60. The molecule has 2 aliphatic rings. The zero-order chi connectivity index (χ0) is 6.27. The van der Waals surface area contributed by atoms with Gasteiger partial charge in [0.15, 0.2) is 0 Å². The summed E-state index contributed by atoms with van der Waals surface area (Å²) >= 11 is 0. The number of hydrogen-bond acceptors (Lipinski definition) is 1. The van der Waals surface area contributed by atoms with E-state index in [-0.39, 0.29) is 0 Å². The Labute approximate surface area is 56.8 Å². The SMILES string of the molecule is CN[C@@H]1C[C@@H]2CC[C@@H]1C2. The van der Waals surface area contributed by atoms with Gasteiger partial charge in [-0.3, -0.25) is 0 Å². The molecule has 2 saturated carbocycles. The van der Waals surface area contributed by atoms with Crippen molar-refractivity contribution in [1.82, 2.24) is 5.32 Å². The summed E-state index contributed by atoms with van der Waals surface area (Å²) in [5.41, 5.74) is 0. The van der Waals surface area contributed by atoms with Crippen molar-refractivity contribution in [1.29, 1.82) is 0 Å². The molecule has 0 amide bonds. The molecule has 2 bridgehead atoms. The average molecular weight is 125 g/mol. The van der Waals surface area contributed by atoms with Crippen LogP contribution in [0, 0.1) is 11.8 Å². The van der Waals surface area contributed by atoms with Crippen LogP contribution in [0.25, 0.3) is 0 Å². The van der Waals surface area contributed by atoms with Crippen LogP contribution in [-0.2, 0) is 0 Å². The van der Waals surface area contributed by atoms with Crippen molar-refractivity contribution in [3.8, 4) is 0 Å². The molecule has 1 heteroatoms. The van der Waals surface area contributed by atoms with Gasteiger partial charge < -0.3 is 5.32 Å². The Morgan fingerprint density at radius 1 is 1.22 bits per heavy atom. The Bertz CT molecular complexity index is 111. The minimum atomic E-state index is 0.878. The Morgan fingerprint density at radius 3 is 2.44 bits per heavy atom. The summed E-state index contributed by atoms with van der Waals surface area (Å²) < 4.78 is 0. The molecule has 0 aromatic heterocycles. The zero-order valence-corrected chi connectivity index (χ0v) is 6.06. The van der Waals surface area contributed by atoms with Crippen molar-refractivity contribution >= 4 is 0 Å². The molecule has 0 aromatic rings. The van der Waals surface area contributed by atoms with Gasteiger partial charge in [0.25, 0.3) is 0 Å². The molecule has 2 aliphatic carbocycles. The van der Waals surface area contributed by atoms with Crippen LogP contribution in [0.5, 0.6) is 0 Å². The summed E-state index contributed by atoms with van der Waals surface area (Å²) in [4.78, 5) is 0. The lowest BCUT2D eigenvalue weighted by atomic mass is 9.96. The second-order valence-electron chi connectivity index (χ2n) is 3.57. The molecule has 0 heterocycles. The maximum Gasteiger partial charge on any atom is 0.00950 e. The minimum Gasteiger partial charge on any atom is -0.317 e. The van der Waals surface area contributed by atoms with Gasteiger partial charge in [-0.05, 0) is 38.1 Å².